The van der Waals surface area contributed by atoms with Crippen LogP contribution in [0.15, 0.2) is 53.4 Å². The van der Waals surface area contributed by atoms with Gasteiger partial charge >= 0.3 is 0 Å². The number of amides is 1. The lowest BCUT2D eigenvalue weighted by molar-refractivity contribution is -0.127. The summed E-state index contributed by atoms with van der Waals surface area (Å²) >= 11 is 0. The average molecular weight is 461 g/mol. The van der Waals surface area contributed by atoms with Gasteiger partial charge in [-0.25, -0.2) is 8.42 Å². The fraction of sp³-hybridized carbons (Fsp3) is 0.458. The molecule has 32 heavy (non-hydrogen) atoms. The number of benzene rings is 2. The molecule has 174 valence electrons. The molecule has 8 heteroatoms. The van der Waals surface area contributed by atoms with Crippen LogP contribution >= 0.6 is 0 Å². The molecule has 1 atom stereocenters. The van der Waals surface area contributed by atoms with E-state index < -0.39 is 16.1 Å². The third-order valence-corrected chi connectivity index (χ3v) is 7.49. The number of nitrogens with zero attached hydrogens (tertiary/aromatic N) is 1. The quantitative estimate of drug-likeness (QED) is 0.620. The zero-order valence-corrected chi connectivity index (χ0v) is 19.6. The summed E-state index contributed by atoms with van der Waals surface area (Å²) in [5.74, 6) is 1.11. The number of rotatable bonds is 9. The minimum absolute atomic E-state index is 0.207. The first-order valence-electron chi connectivity index (χ1n) is 11.1. The Kier molecular flexibility index (Phi) is 8.53. The van der Waals surface area contributed by atoms with Gasteiger partial charge in [-0.3, -0.25) is 4.79 Å². The molecule has 1 aliphatic rings. The molecule has 2 aromatic rings. The molecule has 0 aliphatic carbocycles. The molecule has 0 radical (unpaired) electrons. The molecule has 1 aliphatic heterocycles. The molecule has 0 aromatic heterocycles. The lowest BCUT2D eigenvalue weighted by Gasteiger charge is -2.20. The van der Waals surface area contributed by atoms with Gasteiger partial charge in [0.2, 0.25) is 10.0 Å². The van der Waals surface area contributed by atoms with E-state index in [0.29, 0.717) is 36.7 Å². The van der Waals surface area contributed by atoms with Crippen molar-refractivity contribution >= 4 is 15.9 Å². The molecule has 0 saturated carbocycles. The van der Waals surface area contributed by atoms with E-state index in [4.69, 9.17) is 9.47 Å². The van der Waals surface area contributed by atoms with Gasteiger partial charge in [0, 0.05) is 19.6 Å². The number of carbonyl (C=O) groups excluding carboxylic acids is 1. The van der Waals surface area contributed by atoms with Crippen molar-refractivity contribution in [2.24, 2.45) is 0 Å². The van der Waals surface area contributed by atoms with Crippen LogP contribution in [0.3, 0.4) is 0 Å². The van der Waals surface area contributed by atoms with Crippen molar-refractivity contribution < 1.29 is 22.7 Å². The van der Waals surface area contributed by atoms with Crippen LogP contribution < -0.4 is 14.8 Å². The molecule has 0 spiro atoms. The molecule has 1 N–H and O–H groups in total. The summed E-state index contributed by atoms with van der Waals surface area (Å²) in [6, 6.07) is 14.0. The van der Waals surface area contributed by atoms with Crippen LogP contribution in [-0.4, -0.2) is 51.5 Å². The second kappa shape index (κ2) is 11.3. The van der Waals surface area contributed by atoms with Gasteiger partial charge in [0.05, 0.1) is 12.0 Å². The van der Waals surface area contributed by atoms with Crippen LogP contribution in [0.2, 0.25) is 0 Å². The van der Waals surface area contributed by atoms with E-state index in [-0.39, 0.29) is 5.91 Å². The molecule has 2 aromatic carbocycles. The van der Waals surface area contributed by atoms with Gasteiger partial charge in [0.1, 0.15) is 11.5 Å². The first-order chi connectivity index (χ1) is 15.4. The van der Waals surface area contributed by atoms with Crippen molar-refractivity contribution in [2.45, 2.75) is 50.0 Å². The monoisotopic (exact) mass is 460 g/mol. The van der Waals surface area contributed by atoms with Crippen LogP contribution in [0, 0.1) is 0 Å². The Balaban J connectivity index is 1.47. The van der Waals surface area contributed by atoms with E-state index in [1.807, 2.05) is 12.1 Å². The normalized spacial score (nSPS) is 16.1. The van der Waals surface area contributed by atoms with E-state index in [2.05, 4.69) is 5.32 Å². The number of ether oxygens (including phenoxy) is 2. The van der Waals surface area contributed by atoms with Crippen LogP contribution in [0.1, 0.15) is 38.2 Å². The van der Waals surface area contributed by atoms with Crippen molar-refractivity contribution in [3.8, 4) is 11.5 Å². The van der Waals surface area contributed by atoms with E-state index in [1.165, 1.54) is 0 Å². The Labute approximate surface area is 190 Å². The second-order valence-electron chi connectivity index (χ2n) is 7.94. The third-order valence-electron chi connectivity index (χ3n) is 5.58. The molecule has 3 rings (SSSR count). The smallest absolute Gasteiger partial charge is 0.260 e. The van der Waals surface area contributed by atoms with Crippen molar-refractivity contribution in [1.82, 2.24) is 9.62 Å². The van der Waals surface area contributed by atoms with Gasteiger partial charge in [-0.05, 0) is 68.1 Å². The molecule has 1 heterocycles. The fourth-order valence-corrected chi connectivity index (χ4v) is 5.16. The second-order valence-corrected chi connectivity index (χ2v) is 9.88. The van der Waals surface area contributed by atoms with Crippen LogP contribution in [-0.2, 0) is 21.2 Å². The zero-order valence-electron chi connectivity index (χ0n) is 18.7. The highest BCUT2D eigenvalue weighted by atomic mass is 32.2. The maximum Gasteiger partial charge on any atom is 0.260 e. The molecular weight excluding hydrogens is 428 g/mol. The predicted octanol–water partition coefficient (Wildman–Crippen LogP) is 3.39. The molecular formula is C24H32N2O5S. The average Bonchev–Trinajstić information content (AvgIpc) is 3.10. The highest BCUT2D eigenvalue weighted by Gasteiger charge is 2.24. The van der Waals surface area contributed by atoms with E-state index in [9.17, 15) is 13.2 Å². The van der Waals surface area contributed by atoms with E-state index in [1.54, 1.807) is 54.7 Å². The van der Waals surface area contributed by atoms with Crippen molar-refractivity contribution in [2.75, 3.05) is 26.7 Å². The molecule has 1 amide bonds. The van der Waals surface area contributed by atoms with Gasteiger partial charge in [-0.15, -0.1) is 0 Å². The minimum Gasteiger partial charge on any atom is -0.497 e. The van der Waals surface area contributed by atoms with Crippen molar-refractivity contribution in [3.05, 3.63) is 54.1 Å². The van der Waals surface area contributed by atoms with Crippen LogP contribution in [0.4, 0.5) is 0 Å². The summed E-state index contributed by atoms with van der Waals surface area (Å²) in [7, 11) is -1.85. The highest BCUT2D eigenvalue weighted by molar-refractivity contribution is 7.89. The molecule has 0 bridgehead atoms. The van der Waals surface area contributed by atoms with Gasteiger partial charge in [-0.1, -0.05) is 25.0 Å². The Bertz CT molecular complexity index is 966. The minimum atomic E-state index is -3.44. The Hall–Kier alpha value is -2.58. The van der Waals surface area contributed by atoms with E-state index >= 15 is 0 Å². The summed E-state index contributed by atoms with van der Waals surface area (Å²) in [6.07, 6.45) is 3.96. The standard InChI is InChI=1S/C24H32N2O5S/c1-19(31-22-11-9-21(30-2)10-12-22)24(27)25-16-15-20-7-13-23(14-8-20)32(28,29)26-17-5-3-4-6-18-26/h7-14,19H,3-6,15-18H2,1-2H3,(H,25,27). The lowest BCUT2D eigenvalue weighted by atomic mass is 10.1. The first-order valence-corrected chi connectivity index (χ1v) is 12.5. The SMILES string of the molecule is COc1ccc(OC(C)C(=O)NCCc2ccc(S(=O)(=O)N3CCCCCC3)cc2)cc1. The summed E-state index contributed by atoms with van der Waals surface area (Å²) in [5, 5.41) is 2.86. The Morgan fingerprint density at radius 1 is 0.969 bits per heavy atom. The maximum atomic E-state index is 12.9. The van der Waals surface area contributed by atoms with Crippen molar-refractivity contribution in [1.29, 1.82) is 0 Å². The summed E-state index contributed by atoms with van der Waals surface area (Å²) < 4.78 is 38.1. The van der Waals surface area contributed by atoms with Gasteiger partial charge in [0.15, 0.2) is 6.10 Å². The predicted molar refractivity (Wildman–Crippen MR) is 123 cm³/mol. The highest BCUT2D eigenvalue weighted by Crippen LogP contribution is 2.21. The maximum absolute atomic E-state index is 12.9. The van der Waals surface area contributed by atoms with Crippen LogP contribution in [0.25, 0.3) is 0 Å². The van der Waals surface area contributed by atoms with Gasteiger partial charge in [-0.2, -0.15) is 4.31 Å². The molecule has 1 unspecified atom stereocenters. The van der Waals surface area contributed by atoms with Gasteiger partial charge in [0.25, 0.3) is 5.91 Å². The van der Waals surface area contributed by atoms with Crippen LogP contribution in [0.5, 0.6) is 11.5 Å². The number of carbonyl (C=O) groups is 1. The molecule has 7 nitrogen and oxygen atoms in total. The largest absolute Gasteiger partial charge is 0.497 e. The number of hydrogen-bond acceptors (Lipinski definition) is 5. The Morgan fingerprint density at radius 2 is 1.56 bits per heavy atom. The molecule has 1 saturated heterocycles. The lowest BCUT2D eigenvalue weighted by Crippen LogP contribution is -2.37. The summed E-state index contributed by atoms with van der Waals surface area (Å²) in [6.45, 7) is 3.31. The number of nitrogens with one attached hydrogen (secondary N) is 1. The number of hydrogen-bond donors (Lipinski definition) is 1. The summed E-state index contributed by atoms with van der Waals surface area (Å²) in [5.41, 5.74) is 0.962. The first kappa shape index (κ1) is 24.1. The third kappa shape index (κ3) is 6.46. The van der Waals surface area contributed by atoms with Gasteiger partial charge < -0.3 is 14.8 Å². The fourth-order valence-electron chi connectivity index (χ4n) is 3.64. The summed E-state index contributed by atoms with van der Waals surface area (Å²) in [4.78, 5) is 12.6. The topological polar surface area (TPSA) is 84.9 Å². The number of methoxy groups -OCH3 is 1. The Morgan fingerprint density at radius 3 is 2.16 bits per heavy atom. The number of sulfonamides is 1. The van der Waals surface area contributed by atoms with Crippen molar-refractivity contribution in [3.63, 3.8) is 0 Å². The van der Waals surface area contributed by atoms with E-state index in [0.717, 1.165) is 37.0 Å². The molecule has 1 fully saturated rings. The zero-order chi connectivity index (χ0) is 23.0.